The second-order valence-corrected chi connectivity index (χ2v) is 11.8. The van der Waals surface area contributed by atoms with Crippen molar-refractivity contribution in [3.63, 3.8) is 0 Å². The molecule has 1 fully saturated rings. The minimum Gasteiger partial charge on any atom is -0.325 e. The number of hydrogen-bond acceptors (Lipinski definition) is 4. The lowest BCUT2D eigenvalue weighted by Crippen LogP contribution is -2.43. The summed E-state index contributed by atoms with van der Waals surface area (Å²) >= 11 is 7.38. The summed E-state index contributed by atoms with van der Waals surface area (Å²) in [7, 11) is 0. The molecule has 188 valence electrons. The summed E-state index contributed by atoms with van der Waals surface area (Å²) in [5, 5.41) is 4.07. The Kier molecular flexibility index (Phi) is 7.27. The Morgan fingerprint density at radius 1 is 1.14 bits per heavy atom. The van der Waals surface area contributed by atoms with Crippen LogP contribution in [-0.2, 0) is 23.2 Å². The van der Waals surface area contributed by atoms with Gasteiger partial charge in [-0.1, -0.05) is 86.8 Å². The van der Waals surface area contributed by atoms with E-state index in [9.17, 15) is 9.59 Å². The fraction of sp³-hybridized carbons (Fsp3) is 0.414. The number of benzene rings is 2. The minimum absolute atomic E-state index is 0.0721. The molecule has 1 N–H and O–H groups in total. The van der Waals surface area contributed by atoms with Crippen molar-refractivity contribution < 1.29 is 4.79 Å². The second-order valence-electron chi connectivity index (χ2n) is 10.4. The lowest BCUT2D eigenvalue weighted by atomic mass is 9.62. The molecule has 0 radical (unpaired) electrons. The molecule has 1 heterocycles. The van der Waals surface area contributed by atoms with Crippen LogP contribution in [0.4, 0.5) is 5.69 Å². The van der Waals surface area contributed by atoms with Crippen molar-refractivity contribution in [1.82, 2.24) is 9.55 Å². The molecule has 3 aromatic rings. The molecule has 0 saturated heterocycles. The number of nitrogens with zero attached hydrogens (tertiary/aromatic N) is 2. The van der Waals surface area contributed by atoms with Crippen LogP contribution in [0.25, 0.3) is 11.3 Å². The van der Waals surface area contributed by atoms with E-state index in [2.05, 4.69) is 37.4 Å². The van der Waals surface area contributed by atoms with Gasteiger partial charge in [-0.05, 0) is 48.9 Å². The van der Waals surface area contributed by atoms with Gasteiger partial charge in [-0.15, -0.1) is 0 Å². The highest BCUT2D eigenvalue weighted by atomic mass is 35.5. The molecular weight excluding hydrogens is 490 g/mol. The number of anilines is 1. The van der Waals surface area contributed by atoms with Crippen LogP contribution in [-0.4, -0.2) is 21.2 Å². The molecule has 0 atom stereocenters. The summed E-state index contributed by atoms with van der Waals surface area (Å²) in [4.78, 5) is 32.1. The van der Waals surface area contributed by atoms with Crippen LogP contribution in [0, 0.1) is 5.92 Å². The van der Waals surface area contributed by atoms with Gasteiger partial charge in [-0.2, -0.15) is 0 Å². The number of hydrogen-bond donors (Lipinski definition) is 1. The summed E-state index contributed by atoms with van der Waals surface area (Å²) in [5.74, 6) is 0.276. The van der Waals surface area contributed by atoms with E-state index in [1.807, 2.05) is 10.6 Å². The highest BCUT2D eigenvalue weighted by Gasteiger charge is 2.43. The normalized spacial score (nSPS) is 16.0. The Morgan fingerprint density at radius 3 is 2.67 bits per heavy atom. The molecule has 2 aromatic carbocycles. The van der Waals surface area contributed by atoms with Crippen LogP contribution in [0.15, 0.2) is 58.5 Å². The molecular formula is C29H32ClN3O2S. The number of fused-ring (bicyclic) bond motifs is 4. The van der Waals surface area contributed by atoms with Gasteiger partial charge in [0.1, 0.15) is 0 Å². The molecule has 1 amide bonds. The van der Waals surface area contributed by atoms with Crippen molar-refractivity contribution in [2.24, 2.45) is 5.92 Å². The average Bonchev–Trinajstić information content (AvgIpc) is 2.85. The standard InChI is InChI=1S/C29H32ClN3O2S/c1-19(2)17-33-27(35)25-26(23-12-5-4-9-20(23)16-29(25)13-6-3-7-14-29)32-28(33)36-18-24(34)31-22-11-8-10-21(30)15-22/h4-5,8-12,15,19H,3,6-7,13-14,16-18H2,1-2H3,(H,31,34). The van der Waals surface area contributed by atoms with Crippen LogP contribution in [0.2, 0.25) is 5.02 Å². The van der Waals surface area contributed by atoms with E-state index in [1.54, 1.807) is 24.3 Å². The van der Waals surface area contributed by atoms with Gasteiger partial charge in [0.2, 0.25) is 5.91 Å². The number of amides is 1. The number of aromatic nitrogens is 2. The van der Waals surface area contributed by atoms with E-state index in [4.69, 9.17) is 16.6 Å². The van der Waals surface area contributed by atoms with Crippen molar-refractivity contribution in [2.75, 3.05) is 11.1 Å². The highest BCUT2D eigenvalue weighted by molar-refractivity contribution is 7.99. The van der Waals surface area contributed by atoms with Crippen LogP contribution in [0.1, 0.15) is 57.1 Å². The lowest BCUT2D eigenvalue weighted by molar-refractivity contribution is -0.113. The zero-order valence-electron chi connectivity index (χ0n) is 20.9. The number of thioether (sulfide) groups is 1. The Bertz CT molecular complexity index is 1340. The number of carbonyl (C=O) groups excluding carboxylic acids is 1. The van der Waals surface area contributed by atoms with Gasteiger partial charge in [0.25, 0.3) is 5.56 Å². The van der Waals surface area contributed by atoms with E-state index in [1.165, 1.54) is 23.7 Å². The zero-order valence-corrected chi connectivity index (χ0v) is 22.4. The Morgan fingerprint density at radius 2 is 1.92 bits per heavy atom. The molecule has 5 rings (SSSR count). The molecule has 2 aliphatic rings. The maximum atomic E-state index is 14.2. The van der Waals surface area contributed by atoms with Gasteiger partial charge >= 0.3 is 0 Å². The number of nitrogens with one attached hydrogen (secondary N) is 1. The SMILES string of the molecule is CC(C)Cn1c(SCC(=O)Nc2cccc(Cl)c2)nc2c(c1=O)C1(CCCCC1)Cc1ccccc1-2. The van der Waals surface area contributed by atoms with E-state index in [0.717, 1.165) is 48.9 Å². The van der Waals surface area contributed by atoms with Crippen molar-refractivity contribution in [2.45, 2.75) is 69.5 Å². The molecule has 7 heteroatoms. The van der Waals surface area contributed by atoms with Gasteiger partial charge in [0.05, 0.1) is 17.0 Å². The summed E-state index contributed by atoms with van der Waals surface area (Å²) in [6.45, 7) is 4.80. The van der Waals surface area contributed by atoms with E-state index in [0.29, 0.717) is 22.4 Å². The largest absolute Gasteiger partial charge is 0.325 e. The molecule has 36 heavy (non-hydrogen) atoms. The van der Waals surface area contributed by atoms with E-state index in [-0.39, 0.29) is 28.6 Å². The maximum absolute atomic E-state index is 14.2. The molecule has 1 spiro atoms. The molecule has 1 saturated carbocycles. The van der Waals surface area contributed by atoms with Gasteiger partial charge in [0.15, 0.2) is 5.16 Å². The summed E-state index contributed by atoms with van der Waals surface area (Å²) in [5.41, 5.74) is 4.63. The Labute approximate surface area is 221 Å². The number of halogens is 1. The lowest BCUT2D eigenvalue weighted by Gasteiger charge is -2.42. The van der Waals surface area contributed by atoms with Gasteiger partial charge < -0.3 is 5.32 Å². The third kappa shape index (κ3) is 4.98. The first kappa shape index (κ1) is 25.1. The highest BCUT2D eigenvalue weighted by Crippen LogP contribution is 2.48. The van der Waals surface area contributed by atoms with Crippen molar-refractivity contribution in [3.8, 4) is 11.3 Å². The van der Waals surface area contributed by atoms with Gasteiger partial charge in [0, 0.05) is 28.2 Å². The average molecular weight is 522 g/mol. The molecule has 0 bridgehead atoms. The van der Waals surface area contributed by atoms with Crippen molar-refractivity contribution in [1.29, 1.82) is 0 Å². The maximum Gasteiger partial charge on any atom is 0.258 e. The molecule has 0 aliphatic heterocycles. The quantitative estimate of drug-likeness (QED) is 0.289. The predicted octanol–water partition coefficient (Wildman–Crippen LogP) is 6.71. The predicted molar refractivity (Wildman–Crippen MR) is 148 cm³/mol. The molecule has 1 aromatic heterocycles. The first-order chi connectivity index (χ1) is 17.4. The first-order valence-electron chi connectivity index (χ1n) is 12.8. The first-order valence-corrected chi connectivity index (χ1v) is 14.1. The molecule has 0 unspecified atom stereocenters. The fourth-order valence-electron chi connectivity index (χ4n) is 5.75. The number of rotatable bonds is 6. The summed E-state index contributed by atoms with van der Waals surface area (Å²) in [6, 6.07) is 15.5. The molecule has 5 nitrogen and oxygen atoms in total. The van der Waals surface area contributed by atoms with Crippen molar-refractivity contribution in [3.05, 3.63) is 75.0 Å². The third-order valence-electron chi connectivity index (χ3n) is 7.26. The van der Waals surface area contributed by atoms with Crippen molar-refractivity contribution >= 4 is 35.0 Å². The zero-order chi connectivity index (χ0) is 25.3. The smallest absolute Gasteiger partial charge is 0.258 e. The number of carbonyl (C=O) groups is 1. The monoisotopic (exact) mass is 521 g/mol. The Balaban J connectivity index is 1.54. The third-order valence-corrected chi connectivity index (χ3v) is 8.48. The van der Waals surface area contributed by atoms with E-state index < -0.39 is 0 Å². The van der Waals surface area contributed by atoms with Crippen LogP contribution < -0.4 is 10.9 Å². The minimum atomic E-state index is -0.158. The summed E-state index contributed by atoms with van der Waals surface area (Å²) < 4.78 is 1.82. The van der Waals surface area contributed by atoms with E-state index >= 15 is 0 Å². The van der Waals surface area contributed by atoms with Gasteiger partial charge in [-0.3, -0.25) is 14.2 Å². The van der Waals surface area contributed by atoms with Crippen LogP contribution in [0.3, 0.4) is 0 Å². The van der Waals surface area contributed by atoms with Gasteiger partial charge in [-0.25, -0.2) is 4.98 Å². The van der Waals surface area contributed by atoms with Crippen LogP contribution >= 0.6 is 23.4 Å². The topological polar surface area (TPSA) is 64.0 Å². The fourth-order valence-corrected chi connectivity index (χ4v) is 6.74. The Hall–Kier alpha value is -2.57. The van der Waals surface area contributed by atoms with Crippen LogP contribution in [0.5, 0.6) is 0 Å². The summed E-state index contributed by atoms with van der Waals surface area (Å²) in [6.07, 6.45) is 6.48. The second kappa shape index (κ2) is 10.4. The molecule has 2 aliphatic carbocycles.